The lowest BCUT2D eigenvalue weighted by molar-refractivity contribution is 0.358. The molecule has 2 heteroatoms. The van der Waals surface area contributed by atoms with Gasteiger partial charge in [0, 0.05) is 5.92 Å². The molecule has 2 aromatic carbocycles. The number of aryl methyl sites for hydroxylation is 1. The predicted octanol–water partition coefficient (Wildman–Crippen LogP) is 5.39. The number of hydrogen-bond acceptors (Lipinski definition) is 2. The van der Waals surface area contributed by atoms with Crippen molar-refractivity contribution >= 4 is 5.69 Å². The van der Waals surface area contributed by atoms with Crippen molar-refractivity contribution in [2.45, 2.75) is 25.3 Å². The number of nitrogens with one attached hydrogen (secondary N) is 1. The molecule has 0 spiro atoms. The first-order valence-corrected chi connectivity index (χ1v) is 8.64. The molecule has 2 nitrogen and oxygen atoms in total. The Hall–Kier alpha value is -2.48. The van der Waals surface area contributed by atoms with Gasteiger partial charge in [-0.15, -0.1) is 0 Å². The maximum Gasteiger partial charge on any atom is 0.143 e. The SMILES string of the molecule is C=CCOc1cccc2c1NC(c1cccc(C)c1)C1CC=CC21. The summed E-state index contributed by atoms with van der Waals surface area (Å²) in [5, 5.41) is 3.79. The highest BCUT2D eigenvalue weighted by molar-refractivity contribution is 5.67. The Morgan fingerprint density at radius 3 is 2.96 bits per heavy atom. The Kier molecular flexibility index (Phi) is 3.89. The van der Waals surface area contributed by atoms with Crippen LogP contribution in [-0.4, -0.2) is 6.61 Å². The first kappa shape index (κ1) is 15.1. The quantitative estimate of drug-likeness (QED) is 0.764. The van der Waals surface area contributed by atoms with Gasteiger partial charge in [-0.1, -0.05) is 66.8 Å². The minimum absolute atomic E-state index is 0.311. The average Bonchev–Trinajstić information content (AvgIpc) is 3.09. The second kappa shape index (κ2) is 6.20. The van der Waals surface area contributed by atoms with Crippen LogP contribution in [0.15, 0.2) is 67.3 Å². The fourth-order valence-corrected chi connectivity index (χ4v) is 4.06. The summed E-state index contributed by atoms with van der Waals surface area (Å²) < 4.78 is 5.91. The van der Waals surface area contributed by atoms with E-state index in [0.717, 1.165) is 17.9 Å². The number of para-hydroxylation sites is 1. The van der Waals surface area contributed by atoms with Crippen LogP contribution in [0, 0.1) is 12.8 Å². The van der Waals surface area contributed by atoms with E-state index in [4.69, 9.17) is 4.74 Å². The Morgan fingerprint density at radius 2 is 2.12 bits per heavy atom. The monoisotopic (exact) mass is 317 g/mol. The molecule has 1 aliphatic carbocycles. The zero-order valence-corrected chi connectivity index (χ0v) is 14.0. The van der Waals surface area contributed by atoms with Crippen LogP contribution in [0.5, 0.6) is 5.75 Å². The topological polar surface area (TPSA) is 21.3 Å². The van der Waals surface area contributed by atoms with Crippen molar-refractivity contribution in [3.8, 4) is 5.75 Å². The van der Waals surface area contributed by atoms with E-state index in [-0.39, 0.29) is 0 Å². The number of allylic oxidation sites excluding steroid dienone is 2. The summed E-state index contributed by atoms with van der Waals surface area (Å²) in [6, 6.07) is 15.5. The first-order valence-electron chi connectivity index (χ1n) is 8.64. The maximum absolute atomic E-state index is 5.91. The summed E-state index contributed by atoms with van der Waals surface area (Å²) in [7, 11) is 0. The molecule has 3 unspecified atom stereocenters. The van der Waals surface area contributed by atoms with Gasteiger partial charge in [-0.25, -0.2) is 0 Å². The molecule has 1 heterocycles. The van der Waals surface area contributed by atoms with Gasteiger partial charge in [-0.2, -0.15) is 0 Å². The molecule has 0 bridgehead atoms. The summed E-state index contributed by atoms with van der Waals surface area (Å²) in [4.78, 5) is 0. The molecule has 1 N–H and O–H groups in total. The van der Waals surface area contributed by atoms with E-state index in [1.54, 1.807) is 6.08 Å². The number of benzene rings is 2. The first-order chi connectivity index (χ1) is 11.8. The third-order valence-electron chi connectivity index (χ3n) is 5.12. The fourth-order valence-electron chi connectivity index (χ4n) is 4.06. The standard InChI is InChI=1S/C22H23NO/c1-3-13-24-20-12-6-11-19-17-9-5-10-18(17)21(23-22(19)20)16-8-4-7-15(2)14-16/h3-9,11-12,14,17-18,21,23H,1,10,13H2,2H3. The van der Waals surface area contributed by atoms with Gasteiger partial charge in [0.05, 0.1) is 11.7 Å². The summed E-state index contributed by atoms with van der Waals surface area (Å²) in [5.74, 6) is 1.94. The molecule has 0 fully saturated rings. The number of rotatable bonds is 4. The lowest BCUT2D eigenvalue weighted by Gasteiger charge is -2.38. The molecule has 4 rings (SSSR count). The van der Waals surface area contributed by atoms with Gasteiger partial charge >= 0.3 is 0 Å². The maximum atomic E-state index is 5.91. The Labute approximate surface area is 143 Å². The third kappa shape index (κ3) is 2.52. The van der Waals surface area contributed by atoms with Crippen LogP contribution >= 0.6 is 0 Å². The third-order valence-corrected chi connectivity index (χ3v) is 5.12. The van der Waals surface area contributed by atoms with Crippen LogP contribution < -0.4 is 10.1 Å². The van der Waals surface area contributed by atoms with Crippen molar-refractivity contribution in [3.05, 3.63) is 84.0 Å². The zero-order chi connectivity index (χ0) is 16.5. The highest BCUT2D eigenvalue weighted by Gasteiger charge is 2.38. The van der Waals surface area contributed by atoms with Crippen molar-refractivity contribution in [2.75, 3.05) is 11.9 Å². The molecular weight excluding hydrogens is 294 g/mol. The molecule has 0 saturated heterocycles. The van der Waals surface area contributed by atoms with Gasteiger partial charge in [-0.05, 0) is 36.5 Å². The van der Waals surface area contributed by atoms with Crippen molar-refractivity contribution in [3.63, 3.8) is 0 Å². The minimum Gasteiger partial charge on any atom is -0.487 e. The van der Waals surface area contributed by atoms with E-state index in [2.05, 4.69) is 67.4 Å². The van der Waals surface area contributed by atoms with Gasteiger partial charge < -0.3 is 10.1 Å². The molecule has 0 aromatic heterocycles. The lowest BCUT2D eigenvalue weighted by Crippen LogP contribution is -2.29. The molecule has 3 atom stereocenters. The van der Waals surface area contributed by atoms with Gasteiger partial charge in [0.2, 0.25) is 0 Å². The summed E-state index contributed by atoms with van der Waals surface area (Å²) in [5.41, 5.74) is 5.15. The van der Waals surface area contributed by atoms with Gasteiger partial charge in [0.15, 0.2) is 0 Å². The molecule has 0 amide bonds. The van der Waals surface area contributed by atoms with E-state index in [0.29, 0.717) is 24.5 Å². The van der Waals surface area contributed by atoms with Crippen molar-refractivity contribution < 1.29 is 4.74 Å². The van der Waals surface area contributed by atoms with Crippen LogP contribution in [-0.2, 0) is 0 Å². The summed E-state index contributed by atoms with van der Waals surface area (Å²) >= 11 is 0. The number of hydrogen-bond donors (Lipinski definition) is 1. The molecule has 2 aliphatic rings. The second-order valence-electron chi connectivity index (χ2n) is 6.71. The predicted molar refractivity (Wildman–Crippen MR) is 99.7 cm³/mol. The normalized spacial score (nSPS) is 24.0. The Morgan fingerprint density at radius 1 is 1.25 bits per heavy atom. The molecule has 24 heavy (non-hydrogen) atoms. The van der Waals surface area contributed by atoms with E-state index < -0.39 is 0 Å². The van der Waals surface area contributed by atoms with Crippen LogP contribution in [0.4, 0.5) is 5.69 Å². The second-order valence-corrected chi connectivity index (χ2v) is 6.71. The zero-order valence-electron chi connectivity index (χ0n) is 14.0. The Balaban J connectivity index is 1.77. The van der Waals surface area contributed by atoms with E-state index in [1.807, 2.05) is 6.07 Å². The molecule has 0 radical (unpaired) electrons. The van der Waals surface area contributed by atoms with Crippen molar-refractivity contribution in [1.82, 2.24) is 0 Å². The van der Waals surface area contributed by atoms with E-state index >= 15 is 0 Å². The molecule has 0 saturated carbocycles. The number of ether oxygens (including phenoxy) is 1. The number of anilines is 1. The van der Waals surface area contributed by atoms with E-state index in [9.17, 15) is 0 Å². The van der Waals surface area contributed by atoms with E-state index in [1.165, 1.54) is 16.7 Å². The van der Waals surface area contributed by atoms with Crippen LogP contribution in [0.3, 0.4) is 0 Å². The smallest absolute Gasteiger partial charge is 0.143 e. The highest BCUT2D eigenvalue weighted by Crippen LogP contribution is 2.52. The van der Waals surface area contributed by atoms with Gasteiger partial charge in [0.25, 0.3) is 0 Å². The van der Waals surface area contributed by atoms with Crippen LogP contribution in [0.1, 0.15) is 35.1 Å². The van der Waals surface area contributed by atoms with Gasteiger partial charge in [0.1, 0.15) is 12.4 Å². The van der Waals surface area contributed by atoms with Crippen molar-refractivity contribution in [2.24, 2.45) is 5.92 Å². The largest absolute Gasteiger partial charge is 0.487 e. The average molecular weight is 317 g/mol. The van der Waals surface area contributed by atoms with Crippen LogP contribution in [0.2, 0.25) is 0 Å². The minimum atomic E-state index is 0.311. The number of fused-ring (bicyclic) bond motifs is 3. The lowest BCUT2D eigenvalue weighted by atomic mass is 9.76. The Bertz CT molecular complexity index is 792. The molecule has 122 valence electrons. The molecular formula is C22H23NO. The molecule has 1 aliphatic heterocycles. The fraction of sp³-hybridized carbons (Fsp3) is 0.273. The molecule has 2 aromatic rings. The highest BCUT2D eigenvalue weighted by atomic mass is 16.5. The van der Waals surface area contributed by atoms with Gasteiger partial charge in [-0.3, -0.25) is 0 Å². The van der Waals surface area contributed by atoms with Crippen LogP contribution in [0.25, 0.3) is 0 Å². The summed E-state index contributed by atoms with van der Waals surface area (Å²) in [6.07, 6.45) is 7.60. The van der Waals surface area contributed by atoms with Crippen molar-refractivity contribution in [1.29, 1.82) is 0 Å². The summed E-state index contributed by atoms with van der Waals surface area (Å²) in [6.45, 7) is 6.44.